The van der Waals surface area contributed by atoms with Crippen molar-refractivity contribution in [1.82, 2.24) is 34.9 Å². The maximum atomic E-state index is 5.22. The first kappa shape index (κ1) is 24.6. The molecule has 2 aliphatic rings. The van der Waals surface area contributed by atoms with E-state index in [1.807, 2.05) is 93.9 Å². The minimum atomic E-state index is 0.577. The lowest BCUT2D eigenvalue weighted by molar-refractivity contribution is -0.660. The molecule has 7 aromatic rings. The molecule has 0 unspecified atom stereocenters. The van der Waals surface area contributed by atoms with E-state index < -0.39 is 0 Å². The van der Waals surface area contributed by atoms with Gasteiger partial charge in [0, 0.05) is 24.3 Å². The van der Waals surface area contributed by atoms with Crippen LogP contribution in [0.1, 0.15) is 0 Å². The average Bonchev–Trinajstić information content (AvgIpc) is 3.74. The molecule has 11 nitrogen and oxygen atoms in total. The second-order valence-electron chi connectivity index (χ2n) is 11.3. The Kier molecular flexibility index (Phi) is 4.91. The zero-order valence-corrected chi connectivity index (χ0v) is 24.5. The van der Waals surface area contributed by atoms with Crippen molar-refractivity contribution in [2.45, 2.75) is 0 Å². The Morgan fingerprint density at radius 2 is 1.00 bits per heavy atom. The Bertz CT molecular complexity index is 2380. The van der Waals surface area contributed by atoms with Crippen molar-refractivity contribution in [2.75, 3.05) is 0 Å². The number of aryl methyl sites for hydroxylation is 4. The molecule has 7 aromatic heterocycles. The van der Waals surface area contributed by atoms with Gasteiger partial charge in [-0.3, -0.25) is 0 Å². The summed E-state index contributed by atoms with van der Waals surface area (Å²) in [7, 11) is 8.07. The molecule has 8 heterocycles. The summed E-state index contributed by atoms with van der Waals surface area (Å²) < 4.78 is 8.25. The van der Waals surface area contributed by atoms with Gasteiger partial charge < -0.3 is 9.97 Å². The van der Waals surface area contributed by atoms with Gasteiger partial charge in [0.05, 0.1) is 27.6 Å². The molecular weight excluding hydrogens is 550 g/mol. The summed E-state index contributed by atoms with van der Waals surface area (Å²) in [5, 5.41) is 1.91. The fourth-order valence-electron chi connectivity index (χ4n) is 6.50. The predicted octanol–water partition coefficient (Wildman–Crippen LogP) is 2.77. The Balaban J connectivity index is 1.54. The molecule has 0 atom stereocenters. The monoisotopic (exact) mass is 577 g/mol. The molecule has 0 fully saturated rings. The molecule has 2 N–H and O–H groups in total. The van der Waals surface area contributed by atoms with Gasteiger partial charge in [0.25, 0.3) is 16.7 Å². The van der Waals surface area contributed by atoms with Crippen LogP contribution in [0.5, 0.6) is 0 Å². The van der Waals surface area contributed by atoms with Crippen LogP contribution in [0.15, 0.2) is 79.4 Å². The summed E-state index contributed by atoms with van der Waals surface area (Å²) in [5.74, 6) is 1.16. The molecule has 9 rings (SSSR count). The van der Waals surface area contributed by atoms with E-state index in [0.29, 0.717) is 28.6 Å². The summed E-state index contributed by atoms with van der Waals surface area (Å²) in [6.45, 7) is 0. The molecule has 44 heavy (non-hydrogen) atoms. The van der Waals surface area contributed by atoms with Crippen LogP contribution in [0.3, 0.4) is 0 Å². The van der Waals surface area contributed by atoms with Crippen LogP contribution in [-0.4, -0.2) is 34.9 Å². The third-order valence-corrected chi connectivity index (χ3v) is 8.51. The summed E-state index contributed by atoms with van der Waals surface area (Å²) in [5.41, 5.74) is 10.1. The third kappa shape index (κ3) is 3.40. The highest BCUT2D eigenvalue weighted by atomic mass is 15.1. The quantitative estimate of drug-likeness (QED) is 0.269. The number of H-pyrrole nitrogens is 2. The van der Waals surface area contributed by atoms with E-state index in [-0.39, 0.29) is 0 Å². The van der Waals surface area contributed by atoms with Crippen molar-refractivity contribution in [3.63, 3.8) is 0 Å². The van der Waals surface area contributed by atoms with E-state index in [0.717, 1.165) is 61.4 Å². The normalized spacial score (nSPS) is 12.1. The molecule has 0 radical (unpaired) electrons. The maximum Gasteiger partial charge on any atom is 0.261 e. The van der Waals surface area contributed by atoms with Crippen LogP contribution in [0.25, 0.3) is 89.9 Å². The molecule has 1 aliphatic carbocycles. The fourth-order valence-corrected chi connectivity index (χ4v) is 6.50. The van der Waals surface area contributed by atoms with Crippen molar-refractivity contribution in [3.8, 4) is 45.6 Å². The van der Waals surface area contributed by atoms with Gasteiger partial charge in [0.1, 0.15) is 45.2 Å². The molecule has 0 saturated carbocycles. The Labute approximate surface area is 250 Å². The average molecular weight is 578 g/mol. The van der Waals surface area contributed by atoms with Crippen LogP contribution >= 0.6 is 0 Å². The smallest absolute Gasteiger partial charge is 0.261 e. The molecular formula is C33H27N11+4. The lowest BCUT2D eigenvalue weighted by Crippen LogP contribution is -2.30. The largest absolute Gasteiger partial charge is 0.319 e. The molecule has 8 bridgehead atoms. The first-order valence-corrected chi connectivity index (χ1v) is 14.4. The molecule has 0 amide bonds. The zero-order valence-electron chi connectivity index (χ0n) is 24.5. The van der Waals surface area contributed by atoms with Gasteiger partial charge in [-0.1, -0.05) is 0 Å². The Morgan fingerprint density at radius 3 is 1.70 bits per heavy atom. The standard InChI is InChI=1S/C33H26N11/c1-41-13-5-9-18-22-17-23(24(18)41)35-28-19-10-6-15-43(3)26(19)32(36-28)39-30-21-12-8-16-44(4)27(21)33(40-30)38-29-20-11-7-14-42(2)25(20)31(34-22)37-29/h5-17H,1-4H3,(H,34,35,36,37,38,39,40)/q+3/p+1. The number of nitrogens with one attached hydrogen (secondary N) is 2. The molecule has 0 aromatic carbocycles. The maximum absolute atomic E-state index is 5.22. The number of nitrogens with zero attached hydrogens (tertiary/aromatic N) is 9. The molecule has 210 valence electrons. The van der Waals surface area contributed by atoms with Gasteiger partial charge in [0.2, 0.25) is 22.8 Å². The SMILES string of the molecule is C[n+]1cccc2c1-c1cc-2nc2[nH]c(nc3nc(nc4[nH]c(n1)c1ccc[n+](C)c41)-c1ccc[n+](C)c1-3)c1ccc[n+](C)c21. The highest BCUT2D eigenvalue weighted by Crippen LogP contribution is 2.35. The first-order valence-electron chi connectivity index (χ1n) is 14.4. The second-order valence-corrected chi connectivity index (χ2v) is 11.3. The van der Waals surface area contributed by atoms with Crippen LogP contribution < -0.4 is 18.3 Å². The van der Waals surface area contributed by atoms with Crippen LogP contribution in [0.4, 0.5) is 0 Å². The van der Waals surface area contributed by atoms with E-state index in [1.165, 1.54) is 0 Å². The van der Waals surface area contributed by atoms with Crippen LogP contribution in [-0.2, 0) is 28.2 Å². The summed E-state index contributed by atoms with van der Waals surface area (Å²) in [4.78, 5) is 32.7. The highest BCUT2D eigenvalue weighted by Gasteiger charge is 2.30. The van der Waals surface area contributed by atoms with E-state index in [9.17, 15) is 0 Å². The summed E-state index contributed by atoms with van der Waals surface area (Å²) in [6.07, 6.45) is 8.07. The van der Waals surface area contributed by atoms with Gasteiger partial charge >= 0.3 is 0 Å². The van der Waals surface area contributed by atoms with E-state index in [4.69, 9.17) is 24.9 Å². The fraction of sp³-hybridized carbons (Fsp3) is 0.121. The van der Waals surface area contributed by atoms with Crippen molar-refractivity contribution in [2.24, 2.45) is 28.2 Å². The Morgan fingerprint density at radius 1 is 0.477 bits per heavy atom. The first-order chi connectivity index (χ1) is 21.4. The second kappa shape index (κ2) is 8.77. The van der Waals surface area contributed by atoms with Gasteiger partial charge in [-0.2, -0.15) is 18.3 Å². The van der Waals surface area contributed by atoms with Crippen molar-refractivity contribution in [3.05, 3.63) is 79.4 Å². The predicted molar refractivity (Wildman–Crippen MR) is 163 cm³/mol. The minimum Gasteiger partial charge on any atom is -0.319 e. The minimum absolute atomic E-state index is 0.577. The highest BCUT2D eigenvalue weighted by molar-refractivity contribution is 6.02. The van der Waals surface area contributed by atoms with E-state index in [2.05, 4.69) is 41.9 Å². The summed E-state index contributed by atoms with van der Waals surface area (Å²) >= 11 is 0. The van der Waals surface area contributed by atoms with E-state index in [1.54, 1.807) is 0 Å². The number of fused-ring (bicyclic) bond motifs is 20. The molecule has 0 saturated heterocycles. The number of rotatable bonds is 0. The van der Waals surface area contributed by atoms with Crippen molar-refractivity contribution in [1.29, 1.82) is 0 Å². The van der Waals surface area contributed by atoms with Gasteiger partial charge in [-0.25, -0.2) is 24.9 Å². The lowest BCUT2D eigenvalue weighted by Gasteiger charge is -1.98. The number of aromatic nitrogens is 11. The number of hydrogen-bond acceptors (Lipinski definition) is 5. The topological polar surface area (TPSA) is 112 Å². The van der Waals surface area contributed by atoms with E-state index >= 15 is 0 Å². The van der Waals surface area contributed by atoms with Crippen molar-refractivity contribution >= 4 is 44.4 Å². The Hall–Kier alpha value is -5.97. The van der Waals surface area contributed by atoms with Crippen LogP contribution in [0.2, 0.25) is 0 Å². The van der Waals surface area contributed by atoms with Gasteiger partial charge in [-0.05, 0) is 30.3 Å². The molecule has 11 heteroatoms. The zero-order chi connectivity index (χ0) is 29.7. The molecule has 1 aliphatic heterocycles. The lowest BCUT2D eigenvalue weighted by atomic mass is 10.2. The number of pyridine rings is 4. The third-order valence-electron chi connectivity index (χ3n) is 8.51. The number of hydrogen-bond donors (Lipinski definition) is 2. The number of aromatic amines is 2. The summed E-state index contributed by atoms with van der Waals surface area (Å²) in [6, 6.07) is 18.4. The van der Waals surface area contributed by atoms with Crippen molar-refractivity contribution < 1.29 is 18.3 Å². The van der Waals surface area contributed by atoms with Gasteiger partial charge in [-0.15, -0.1) is 0 Å². The molecule has 0 spiro atoms. The van der Waals surface area contributed by atoms with Crippen LogP contribution in [0, 0.1) is 0 Å². The van der Waals surface area contributed by atoms with Gasteiger partial charge in [0.15, 0.2) is 30.6 Å².